The molecular weight excluding hydrogens is 294 g/mol. The van der Waals surface area contributed by atoms with Crippen molar-refractivity contribution >= 4 is 0 Å². The van der Waals surface area contributed by atoms with Crippen molar-refractivity contribution in [2.24, 2.45) is 0 Å². The number of rotatable bonds is 4. The fraction of sp³-hybridized carbons (Fsp3) is 0.375. The second-order valence-electron chi connectivity index (χ2n) is 6.32. The van der Waals surface area contributed by atoms with E-state index in [9.17, 15) is 0 Å². The van der Waals surface area contributed by atoms with Gasteiger partial charge in [0.05, 0.1) is 11.9 Å². The minimum atomic E-state index is -0.273. The zero-order valence-corrected chi connectivity index (χ0v) is 13.6. The van der Waals surface area contributed by atoms with Crippen LogP contribution in [0.3, 0.4) is 0 Å². The van der Waals surface area contributed by atoms with Crippen molar-refractivity contribution in [3.63, 3.8) is 0 Å². The van der Waals surface area contributed by atoms with E-state index in [4.69, 9.17) is 9.15 Å². The van der Waals surface area contributed by atoms with Gasteiger partial charge >= 0.3 is 0 Å². The lowest BCUT2D eigenvalue weighted by atomic mass is 9.94. The number of ether oxygens (including phenoxy) is 1. The van der Waals surface area contributed by atoms with E-state index >= 15 is 0 Å². The molecule has 0 bridgehead atoms. The lowest BCUT2D eigenvalue weighted by Gasteiger charge is -2.15. The molecule has 23 heavy (non-hydrogen) atoms. The highest BCUT2D eigenvalue weighted by molar-refractivity contribution is 5.36. The van der Waals surface area contributed by atoms with Gasteiger partial charge in [-0.15, -0.1) is 5.10 Å². The third-order valence-electron chi connectivity index (χ3n) is 3.37. The van der Waals surface area contributed by atoms with Gasteiger partial charge in [0.2, 0.25) is 5.89 Å². The van der Waals surface area contributed by atoms with Gasteiger partial charge in [-0.3, -0.25) is 0 Å². The van der Waals surface area contributed by atoms with Crippen molar-refractivity contribution in [3.05, 3.63) is 48.4 Å². The van der Waals surface area contributed by atoms with Crippen LogP contribution in [-0.2, 0) is 5.41 Å². The van der Waals surface area contributed by atoms with Crippen molar-refractivity contribution in [1.82, 2.24) is 25.2 Å². The van der Waals surface area contributed by atoms with Gasteiger partial charge in [-0.2, -0.15) is 0 Å². The van der Waals surface area contributed by atoms with Gasteiger partial charge in [0.15, 0.2) is 6.10 Å². The Morgan fingerprint density at radius 2 is 1.91 bits per heavy atom. The highest BCUT2D eigenvalue weighted by Gasteiger charge is 2.22. The third-order valence-corrected chi connectivity index (χ3v) is 3.37. The zero-order valence-electron chi connectivity index (χ0n) is 13.6. The summed E-state index contributed by atoms with van der Waals surface area (Å²) in [6.07, 6.45) is 3.03. The first kappa shape index (κ1) is 15.2. The van der Waals surface area contributed by atoms with Crippen molar-refractivity contribution < 1.29 is 9.15 Å². The molecule has 0 saturated carbocycles. The van der Waals surface area contributed by atoms with E-state index < -0.39 is 0 Å². The molecular formula is C16H19N5O2. The van der Waals surface area contributed by atoms with Crippen LogP contribution in [0.1, 0.15) is 45.4 Å². The summed E-state index contributed by atoms with van der Waals surface area (Å²) >= 11 is 0. The second-order valence-corrected chi connectivity index (χ2v) is 6.32. The van der Waals surface area contributed by atoms with Gasteiger partial charge in [-0.25, -0.2) is 9.67 Å². The normalized spacial score (nSPS) is 13.0. The largest absolute Gasteiger partial charge is 0.481 e. The highest BCUT2D eigenvalue weighted by atomic mass is 16.5. The molecule has 0 N–H and O–H groups in total. The molecule has 0 radical (unpaired) electrons. The Morgan fingerprint density at radius 1 is 1.17 bits per heavy atom. The number of hydrogen-bond donors (Lipinski definition) is 0. The molecule has 120 valence electrons. The van der Waals surface area contributed by atoms with Crippen LogP contribution in [0.4, 0.5) is 0 Å². The molecule has 3 rings (SSSR count). The van der Waals surface area contributed by atoms with E-state index in [-0.39, 0.29) is 11.5 Å². The van der Waals surface area contributed by atoms with Crippen LogP contribution < -0.4 is 4.74 Å². The maximum absolute atomic E-state index is 5.88. The van der Waals surface area contributed by atoms with E-state index in [1.165, 1.54) is 0 Å². The fourth-order valence-corrected chi connectivity index (χ4v) is 2.03. The van der Waals surface area contributed by atoms with Crippen LogP contribution in [0.15, 0.2) is 41.2 Å². The first-order valence-corrected chi connectivity index (χ1v) is 7.40. The smallest absolute Gasteiger partial charge is 0.235 e. The molecule has 1 unspecified atom stereocenters. The molecule has 1 atom stereocenters. The summed E-state index contributed by atoms with van der Waals surface area (Å²) in [6, 6.07) is 7.49. The fourth-order valence-electron chi connectivity index (χ4n) is 2.03. The van der Waals surface area contributed by atoms with Gasteiger partial charge < -0.3 is 9.15 Å². The standard InChI is InChI=1S/C16H19N5O2/c1-11(15-17-9-14(23-15)16(2,3)4)22-13-7-5-12(6-8-13)21-10-18-19-20-21/h5-11H,1-4H3. The van der Waals surface area contributed by atoms with Crippen molar-refractivity contribution in [2.75, 3.05) is 0 Å². The zero-order chi connectivity index (χ0) is 16.4. The summed E-state index contributed by atoms with van der Waals surface area (Å²) in [5, 5.41) is 11.1. The van der Waals surface area contributed by atoms with E-state index in [0.29, 0.717) is 5.89 Å². The molecule has 0 spiro atoms. The molecule has 2 aromatic heterocycles. The van der Waals surface area contributed by atoms with Crippen molar-refractivity contribution in [3.8, 4) is 11.4 Å². The SMILES string of the molecule is CC(Oc1ccc(-n2cnnn2)cc1)c1ncc(C(C)(C)C)o1. The van der Waals surface area contributed by atoms with Crippen LogP contribution in [-0.4, -0.2) is 25.2 Å². The second kappa shape index (κ2) is 5.83. The summed E-state index contributed by atoms with van der Waals surface area (Å²) in [7, 11) is 0. The Bertz CT molecular complexity index is 757. The Hall–Kier alpha value is -2.70. The lowest BCUT2D eigenvalue weighted by Crippen LogP contribution is -2.09. The molecule has 3 aromatic rings. The van der Waals surface area contributed by atoms with E-state index in [1.807, 2.05) is 31.2 Å². The van der Waals surface area contributed by atoms with E-state index in [1.54, 1.807) is 17.2 Å². The minimum absolute atomic E-state index is 0.0710. The number of hydrogen-bond acceptors (Lipinski definition) is 6. The number of aromatic nitrogens is 5. The third kappa shape index (κ3) is 3.39. The molecule has 0 aliphatic carbocycles. The monoisotopic (exact) mass is 313 g/mol. The maximum Gasteiger partial charge on any atom is 0.235 e. The molecule has 7 nitrogen and oxygen atoms in total. The van der Waals surface area contributed by atoms with E-state index in [0.717, 1.165) is 17.2 Å². The van der Waals surface area contributed by atoms with Crippen molar-refractivity contribution in [2.45, 2.75) is 39.2 Å². The Kier molecular flexibility index (Phi) is 3.85. The molecule has 7 heteroatoms. The van der Waals surface area contributed by atoms with Gasteiger partial charge in [0, 0.05) is 5.41 Å². The van der Waals surface area contributed by atoms with Gasteiger partial charge in [0.25, 0.3) is 0 Å². The summed E-state index contributed by atoms with van der Waals surface area (Å²) < 4.78 is 13.3. The minimum Gasteiger partial charge on any atom is -0.481 e. The first-order valence-electron chi connectivity index (χ1n) is 7.40. The van der Waals surface area contributed by atoms with Gasteiger partial charge in [-0.05, 0) is 41.6 Å². The summed E-state index contributed by atoms with van der Waals surface area (Å²) in [4.78, 5) is 4.31. The predicted molar refractivity (Wildman–Crippen MR) is 83.4 cm³/mol. The quantitative estimate of drug-likeness (QED) is 0.736. The van der Waals surface area contributed by atoms with Crippen LogP contribution in [0, 0.1) is 0 Å². The van der Waals surface area contributed by atoms with Crippen LogP contribution in [0.5, 0.6) is 5.75 Å². The molecule has 0 saturated heterocycles. The van der Waals surface area contributed by atoms with E-state index in [2.05, 4.69) is 41.3 Å². The topological polar surface area (TPSA) is 78.9 Å². The summed E-state index contributed by atoms with van der Waals surface area (Å²) in [5.41, 5.74) is 0.791. The first-order chi connectivity index (χ1) is 10.9. The number of benzene rings is 1. The average Bonchev–Trinajstić information content (AvgIpc) is 3.19. The van der Waals surface area contributed by atoms with Gasteiger partial charge in [0.1, 0.15) is 17.8 Å². The number of oxazole rings is 1. The number of tetrazole rings is 1. The van der Waals surface area contributed by atoms with Crippen molar-refractivity contribution in [1.29, 1.82) is 0 Å². The maximum atomic E-state index is 5.88. The molecule has 0 aliphatic heterocycles. The van der Waals surface area contributed by atoms with Gasteiger partial charge in [-0.1, -0.05) is 20.8 Å². The molecule has 0 aliphatic rings. The molecule has 1 aromatic carbocycles. The summed E-state index contributed by atoms with van der Waals surface area (Å²) in [5.74, 6) is 2.14. The van der Waals surface area contributed by atoms with Crippen LogP contribution >= 0.6 is 0 Å². The lowest BCUT2D eigenvalue weighted by molar-refractivity contribution is 0.182. The van der Waals surface area contributed by atoms with Crippen LogP contribution in [0.25, 0.3) is 5.69 Å². The molecule has 0 amide bonds. The Balaban J connectivity index is 1.70. The molecule has 0 fully saturated rings. The predicted octanol–water partition coefficient (Wildman–Crippen LogP) is 3.09. The number of nitrogens with zero attached hydrogens (tertiary/aromatic N) is 5. The highest BCUT2D eigenvalue weighted by Crippen LogP contribution is 2.27. The summed E-state index contributed by atoms with van der Waals surface area (Å²) in [6.45, 7) is 8.16. The molecule has 2 heterocycles. The van der Waals surface area contributed by atoms with Crippen LogP contribution in [0.2, 0.25) is 0 Å². The average molecular weight is 313 g/mol. The Labute approximate surface area is 134 Å². The Morgan fingerprint density at radius 3 is 2.48 bits per heavy atom.